The van der Waals surface area contributed by atoms with Crippen molar-refractivity contribution in [3.8, 4) is 0 Å². The van der Waals surface area contributed by atoms with E-state index < -0.39 is 10.1 Å². The van der Waals surface area contributed by atoms with Gasteiger partial charge in [-0.15, -0.1) is 0 Å². The molecule has 2 aromatic rings. The maximum absolute atomic E-state index is 10.7. The van der Waals surface area contributed by atoms with Gasteiger partial charge in [-0.05, 0) is 25.0 Å². The molecule has 0 radical (unpaired) electrons. The van der Waals surface area contributed by atoms with Gasteiger partial charge in [0.1, 0.15) is 19.8 Å². The highest BCUT2D eigenvalue weighted by Crippen LogP contribution is 2.01. The smallest absolute Gasteiger partial charge is 0.264 e. The maximum atomic E-state index is 10.7. The van der Waals surface area contributed by atoms with Crippen LogP contribution in [0.1, 0.15) is 25.0 Å². The summed E-state index contributed by atoms with van der Waals surface area (Å²) >= 11 is 0. The van der Waals surface area contributed by atoms with E-state index in [2.05, 4.69) is 14.5 Å². The second kappa shape index (κ2) is 14.3. The van der Waals surface area contributed by atoms with Crippen LogP contribution in [0, 0.1) is 0 Å². The van der Waals surface area contributed by atoms with Gasteiger partial charge in [-0.3, -0.25) is 4.18 Å². The van der Waals surface area contributed by atoms with Crippen LogP contribution in [0.3, 0.4) is 0 Å². The number of oxime groups is 2. The molecule has 0 saturated heterocycles. The van der Waals surface area contributed by atoms with Crippen molar-refractivity contribution in [2.24, 2.45) is 10.3 Å². The van der Waals surface area contributed by atoms with Crippen molar-refractivity contribution in [1.82, 2.24) is 0 Å². The van der Waals surface area contributed by atoms with Crippen LogP contribution in [-0.2, 0) is 37.2 Å². The zero-order valence-corrected chi connectivity index (χ0v) is 18.2. The molecule has 2 rings (SSSR count). The molecule has 9 heteroatoms. The Morgan fingerprint density at radius 2 is 1.27 bits per heavy atom. The van der Waals surface area contributed by atoms with Crippen molar-refractivity contribution in [3.63, 3.8) is 0 Å². The van der Waals surface area contributed by atoms with Crippen molar-refractivity contribution in [2.75, 3.05) is 19.5 Å². The SMILES string of the molecule is CC(CO)=NOCc1ccccc1.CC(COS(C)(=O)=O)=NOCc1ccccc1. The third kappa shape index (κ3) is 13.4. The fourth-order valence-electron chi connectivity index (χ4n) is 1.83. The van der Waals surface area contributed by atoms with Gasteiger partial charge in [-0.2, -0.15) is 8.42 Å². The first-order valence-corrected chi connectivity index (χ1v) is 11.0. The van der Waals surface area contributed by atoms with Crippen LogP contribution in [0.4, 0.5) is 0 Å². The van der Waals surface area contributed by atoms with E-state index in [0.717, 1.165) is 17.4 Å². The third-order valence-corrected chi connectivity index (χ3v) is 3.85. The standard InChI is InChI=1S/C11H15NO4S.C10H13NO2/c1-10(8-16-17(2,13)14)12-15-9-11-6-4-3-5-7-11;1-9(7-12)11-13-8-10-5-3-2-4-6-10/h3-7H,8-9H2,1-2H3;2-6,12H,7-8H2,1H3. The molecule has 0 unspecified atom stereocenters. The number of nitrogens with zero attached hydrogens (tertiary/aromatic N) is 2. The second-order valence-electron chi connectivity index (χ2n) is 6.30. The van der Waals surface area contributed by atoms with Crippen molar-refractivity contribution in [2.45, 2.75) is 27.1 Å². The Kier molecular flexibility index (Phi) is 12.0. The lowest BCUT2D eigenvalue weighted by Crippen LogP contribution is -2.10. The number of aliphatic hydroxyl groups is 1. The molecule has 0 aliphatic heterocycles. The minimum atomic E-state index is -3.43. The Bertz CT molecular complexity index is 884. The zero-order chi connectivity index (χ0) is 22.2. The number of aliphatic hydroxyl groups excluding tert-OH is 1. The van der Waals surface area contributed by atoms with Crippen LogP contribution in [0.5, 0.6) is 0 Å². The zero-order valence-electron chi connectivity index (χ0n) is 17.4. The fraction of sp³-hybridized carbons (Fsp3) is 0.333. The Morgan fingerprint density at radius 1 is 0.833 bits per heavy atom. The first-order valence-electron chi connectivity index (χ1n) is 9.14. The van der Waals surface area contributed by atoms with E-state index in [1.165, 1.54) is 0 Å². The predicted octanol–water partition coefficient (Wildman–Crippen LogP) is 3.13. The molecular formula is C21H28N2O6S. The summed E-state index contributed by atoms with van der Waals surface area (Å²) in [5.74, 6) is 0. The Hall–Kier alpha value is -2.75. The molecule has 30 heavy (non-hydrogen) atoms. The van der Waals surface area contributed by atoms with Crippen molar-refractivity contribution in [1.29, 1.82) is 0 Å². The number of rotatable bonds is 10. The molecule has 0 aromatic heterocycles. The third-order valence-electron chi connectivity index (χ3n) is 3.30. The van der Waals surface area contributed by atoms with Crippen LogP contribution in [0.15, 0.2) is 71.0 Å². The van der Waals surface area contributed by atoms with Gasteiger partial charge in [0.2, 0.25) is 0 Å². The van der Waals surface area contributed by atoms with Crippen molar-refractivity contribution < 1.29 is 27.4 Å². The summed E-state index contributed by atoms with van der Waals surface area (Å²) in [6.45, 7) is 3.98. The van der Waals surface area contributed by atoms with Crippen molar-refractivity contribution >= 4 is 21.5 Å². The van der Waals surface area contributed by atoms with E-state index in [1.54, 1.807) is 13.8 Å². The normalized spacial score (nSPS) is 12.0. The topological polar surface area (TPSA) is 107 Å². The van der Waals surface area contributed by atoms with Gasteiger partial charge in [-0.1, -0.05) is 71.0 Å². The Morgan fingerprint density at radius 3 is 1.67 bits per heavy atom. The summed E-state index contributed by atoms with van der Waals surface area (Å²) < 4.78 is 26.0. The summed E-state index contributed by atoms with van der Waals surface area (Å²) in [6.07, 6.45) is 0.991. The number of benzene rings is 2. The first-order chi connectivity index (χ1) is 14.3. The average Bonchev–Trinajstić information content (AvgIpc) is 2.74. The van der Waals surface area contributed by atoms with Crippen LogP contribution in [0.2, 0.25) is 0 Å². The van der Waals surface area contributed by atoms with E-state index in [-0.39, 0.29) is 13.2 Å². The van der Waals surface area contributed by atoms with Gasteiger partial charge in [0.05, 0.1) is 24.3 Å². The van der Waals surface area contributed by atoms with Gasteiger partial charge in [0, 0.05) is 0 Å². The van der Waals surface area contributed by atoms with Gasteiger partial charge >= 0.3 is 0 Å². The highest BCUT2D eigenvalue weighted by atomic mass is 32.2. The van der Waals surface area contributed by atoms with E-state index in [1.807, 2.05) is 60.7 Å². The molecule has 1 N–H and O–H groups in total. The summed E-state index contributed by atoms with van der Waals surface area (Å²) in [7, 11) is -3.43. The van der Waals surface area contributed by atoms with Gasteiger partial charge in [-0.25, -0.2) is 0 Å². The molecule has 0 fully saturated rings. The molecule has 0 heterocycles. The molecule has 0 aliphatic rings. The van der Waals surface area contributed by atoms with Gasteiger partial charge in [0.25, 0.3) is 10.1 Å². The maximum Gasteiger partial charge on any atom is 0.264 e. The van der Waals surface area contributed by atoms with Crippen LogP contribution in [0.25, 0.3) is 0 Å². The Labute approximate surface area is 177 Å². The quantitative estimate of drug-likeness (QED) is 0.348. The first kappa shape index (κ1) is 25.3. The van der Waals surface area contributed by atoms with Gasteiger partial charge in [0.15, 0.2) is 0 Å². The molecule has 0 bridgehead atoms. The summed E-state index contributed by atoms with van der Waals surface area (Å²) in [4.78, 5) is 10.1. The Balaban J connectivity index is 0.000000311. The minimum Gasteiger partial charge on any atom is -0.391 e. The van der Waals surface area contributed by atoms with E-state index in [9.17, 15) is 8.42 Å². The van der Waals surface area contributed by atoms with Crippen LogP contribution in [-0.4, -0.2) is 44.4 Å². The molecule has 8 nitrogen and oxygen atoms in total. The molecule has 2 aromatic carbocycles. The highest BCUT2D eigenvalue weighted by molar-refractivity contribution is 7.86. The minimum absolute atomic E-state index is 0.0607. The van der Waals surface area contributed by atoms with E-state index in [4.69, 9.17) is 14.8 Å². The highest BCUT2D eigenvalue weighted by Gasteiger charge is 2.02. The molecule has 0 amide bonds. The summed E-state index contributed by atoms with van der Waals surface area (Å²) in [5, 5.41) is 16.1. The summed E-state index contributed by atoms with van der Waals surface area (Å²) in [6, 6.07) is 19.3. The molecule has 0 atom stereocenters. The lowest BCUT2D eigenvalue weighted by Gasteiger charge is -2.02. The van der Waals surface area contributed by atoms with Gasteiger partial charge < -0.3 is 14.8 Å². The molecular weight excluding hydrogens is 408 g/mol. The number of hydrogen-bond acceptors (Lipinski definition) is 8. The lowest BCUT2D eigenvalue weighted by molar-refractivity contribution is 0.128. The fourth-order valence-corrected chi connectivity index (χ4v) is 2.21. The second-order valence-corrected chi connectivity index (χ2v) is 7.94. The number of hydrogen-bond donors (Lipinski definition) is 1. The molecule has 0 aliphatic carbocycles. The van der Waals surface area contributed by atoms with E-state index in [0.29, 0.717) is 24.6 Å². The molecule has 0 saturated carbocycles. The summed E-state index contributed by atoms with van der Waals surface area (Å²) in [5.41, 5.74) is 3.10. The molecule has 164 valence electrons. The van der Waals surface area contributed by atoms with Crippen LogP contribution < -0.4 is 0 Å². The van der Waals surface area contributed by atoms with Crippen LogP contribution >= 0.6 is 0 Å². The lowest BCUT2D eigenvalue weighted by atomic mass is 10.2. The molecule has 0 spiro atoms. The predicted molar refractivity (Wildman–Crippen MR) is 117 cm³/mol. The van der Waals surface area contributed by atoms with E-state index >= 15 is 0 Å². The average molecular weight is 437 g/mol. The monoisotopic (exact) mass is 436 g/mol. The van der Waals surface area contributed by atoms with Crippen molar-refractivity contribution in [3.05, 3.63) is 71.8 Å². The largest absolute Gasteiger partial charge is 0.391 e.